The molecule has 2 amide bonds. The lowest BCUT2D eigenvalue weighted by molar-refractivity contribution is -0.393. The number of benzene rings is 3. The molecule has 0 saturated carbocycles. The lowest BCUT2D eigenvalue weighted by Crippen LogP contribution is -2.30. The average molecular weight is 466 g/mol. The lowest BCUT2D eigenvalue weighted by Gasteiger charge is -2.13. The molecule has 0 radical (unpaired) electrons. The minimum absolute atomic E-state index is 0.00479. The topological polar surface area (TPSA) is 200 Å². The van der Waals surface area contributed by atoms with Gasteiger partial charge in [-0.05, 0) is 30.3 Å². The number of amides is 2. The minimum atomic E-state index is -0.847. The summed E-state index contributed by atoms with van der Waals surface area (Å²) in [7, 11) is 0. The number of non-ortho nitro benzene ring substituents is 2. The van der Waals surface area contributed by atoms with Crippen molar-refractivity contribution in [2.24, 2.45) is 0 Å². The second-order valence-electron chi connectivity index (χ2n) is 6.60. The first-order chi connectivity index (χ1) is 16.2. The lowest BCUT2D eigenvalue weighted by atomic mass is 10.1. The normalized spacial score (nSPS) is 10.1. The second-order valence-corrected chi connectivity index (χ2v) is 6.60. The first-order valence-corrected chi connectivity index (χ1v) is 9.31. The number of carbonyl (C=O) groups excluding carboxylic acids is 2. The van der Waals surface area contributed by atoms with Gasteiger partial charge in [0.2, 0.25) is 0 Å². The Bertz CT molecular complexity index is 1310. The molecule has 3 rings (SSSR count). The Balaban J connectivity index is 1.76. The maximum atomic E-state index is 12.7. The monoisotopic (exact) mass is 466 g/mol. The van der Waals surface area contributed by atoms with Crippen molar-refractivity contribution in [2.45, 2.75) is 0 Å². The molecule has 14 nitrogen and oxygen atoms in total. The van der Waals surface area contributed by atoms with Crippen LogP contribution in [0.25, 0.3) is 0 Å². The van der Waals surface area contributed by atoms with Crippen molar-refractivity contribution in [2.75, 3.05) is 10.7 Å². The maximum Gasteiger partial charge on any atom is 0.300 e. The van der Waals surface area contributed by atoms with Crippen molar-refractivity contribution in [1.82, 2.24) is 5.43 Å². The Labute approximate surface area is 189 Å². The molecule has 14 heteroatoms. The molecule has 0 aromatic heterocycles. The highest BCUT2D eigenvalue weighted by atomic mass is 16.6. The van der Waals surface area contributed by atoms with Gasteiger partial charge in [-0.15, -0.1) is 0 Å². The summed E-state index contributed by atoms with van der Waals surface area (Å²) in [6.07, 6.45) is 0. The summed E-state index contributed by atoms with van der Waals surface area (Å²) in [4.78, 5) is 55.7. The number of carbonyl (C=O) groups is 2. The highest BCUT2D eigenvalue weighted by molar-refractivity contribution is 6.09. The van der Waals surface area contributed by atoms with Crippen LogP contribution in [-0.4, -0.2) is 26.6 Å². The molecule has 0 heterocycles. The number of nitrogens with zero attached hydrogens (tertiary/aromatic N) is 3. The third-order valence-electron chi connectivity index (χ3n) is 4.46. The smallest absolute Gasteiger partial charge is 0.300 e. The second kappa shape index (κ2) is 9.82. The van der Waals surface area contributed by atoms with Crippen molar-refractivity contribution >= 4 is 40.3 Å². The summed E-state index contributed by atoms with van der Waals surface area (Å²) < 4.78 is 0. The summed E-state index contributed by atoms with van der Waals surface area (Å²) in [5.74, 6) is -1.40. The first kappa shape index (κ1) is 23.3. The molecule has 3 aromatic carbocycles. The molecule has 0 aliphatic rings. The molecule has 0 fully saturated rings. The van der Waals surface area contributed by atoms with E-state index in [2.05, 4.69) is 16.2 Å². The molecule has 34 heavy (non-hydrogen) atoms. The zero-order valence-electron chi connectivity index (χ0n) is 17.0. The van der Waals surface area contributed by atoms with Crippen molar-refractivity contribution in [3.8, 4) is 0 Å². The van der Waals surface area contributed by atoms with E-state index in [9.17, 15) is 39.9 Å². The standard InChI is InChI=1S/C20H14N6O8/c27-19(12-5-7-13(8-6-12)24(29)30)21-16-4-2-1-3-15(16)20(28)23-22-17-10-9-14(25(31)32)11-18(17)26(33)34/h1-11,22H,(H,21,27)(H,23,28). The zero-order chi connectivity index (χ0) is 24.8. The molecule has 0 unspecified atom stereocenters. The molecule has 172 valence electrons. The van der Waals surface area contributed by atoms with Crippen LogP contribution in [-0.2, 0) is 0 Å². The molecule has 0 bridgehead atoms. The van der Waals surface area contributed by atoms with Gasteiger partial charge in [0.05, 0.1) is 32.1 Å². The minimum Gasteiger partial charge on any atom is -0.321 e. The van der Waals surface area contributed by atoms with Crippen LogP contribution < -0.4 is 16.2 Å². The van der Waals surface area contributed by atoms with Gasteiger partial charge in [-0.25, -0.2) is 0 Å². The summed E-state index contributed by atoms with van der Waals surface area (Å²) in [5.41, 5.74) is 3.28. The average Bonchev–Trinajstić information content (AvgIpc) is 2.82. The van der Waals surface area contributed by atoms with Crippen LogP contribution in [0.3, 0.4) is 0 Å². The van der Waals surface area contributed by atoms with Gasteiger partial charge < -0.3 is 5.32 Å². The fourth-order valence-electron chi connectivity index (χ4n) is 2.80. The third kappa shape index (κ3) is 5.25. The van der Waals surface area contributed by atoms with Gasteiger partial charge in [-0.1, -0.05) is 12.1 Å². The third-order valence-corrected chi connectivity index (χ3v) is 4.46. The van der Waals surface area contributed by atoms with E-state index >= 15 is 0 Å². The van der Waals surface area contributed by atoms with E-state index in [1.54, 1.807) is 6.07 Å². The summed E-state index contributed by atoms with van der Waals surface area (Å²) in [6, 6.07) is 13.6. The molecular formula is C20H14N6O8. The van der Waals surface area contributed by atoms with E-state index in [0.29, 0.717) is 0 Å². The van der Waals surface area contributed by atoms with Crippen LogP contribution in [0.2, 0.25) is 0 Å². The van der Waals surface area contributed by atoms with Crippen molar-refractivity contribution in [3.05, 3.63) is 108 Å². The van der Waals surface area contributed by atoms with Gasteiger partial charge in [-0.2, -0.15) is 0 Å². The number of hydrogen-bond donors (Lipinski definition) is 3. The molecule has 0 saturated heterocycles. The molecular weight excluding hydrogens is 452 g/mol. The summed E-state index contributed by atoms with van der Waals surface area (Å²) in [6.45, 7) is 0. The molecule has 0 atom stereocenters. The number of nitrogens with one attached hydrogen (secondary N) is 3. The van der Waals surface area contributed by atoms with Crippen molar-refractivity contribution in [3.63, 3.8) is 0 Å². The largest absolute Gasteiger partial charge is 0.321 e. The highest BCUT2D eigenvalue weighted by Crippen LogP contribution is 2.28. The Hall–Kier alpha value is -5.40. The van der Waals surface area contributed by atoms with E-state index in [-0.39, 0.29) is 28.2 Å². The number of nitro benzene ring substituents is 3. The van der Waals surface area contributed by atoms with E-state index in [0.717, 1.165) is 30.3 Å². The Morgan fingerprint density at radius 1 is 0.676 bits per heavy atom. The molecule has 0 aliphatic carbocycles. The number of hydrazine groups is 1. The first-order valence-electron chi connectivity index (χ1n) is 9.31. The van der Waals surface area contributed by atoms with Crippen LogP contribution in [0.1, 0.15) is 20.7 Å². The number of nitro groups is 3. The molecule has 3 N–H and O–H groups in total. The van der Waals surface area contributed by atoms with Gasteiger partial charge in [0.25, 0.3) is 23.2 Å². The summed E-state index contributed by atoms with van der Waals surface area (Å²) in [5, 5.41) is 35.3. The predicted octanol–water partition coefficient (Wildman–Crippen LogP) is 3.42. The number of anilines is 2. The highest BCUT2D eigenvalue weighted by Gasteiger charge is 2.21. The van der Waals surface area contributed by atoms with Gasteiger partial charge in [0.15, 0.2) is 0 Å². The quantitative estimate of drug-likeness (QED) is 0.328. The number of hydrogen-bond acceptors (Lipinski definition) is 9. The maximum absolute atomic E-state index is 12.7. The molecule has 0 aliphatic heterocycles. The Morgan fingerprint density at radius 2 is 1.29 bits per heavy atom. The van der Waals surface area contributed by atoms with Crippen molar-refractivity contribution < 1.29 is 24.4 Å². The van der Waals surface area contributed by atoms with Crippen LogP contribution in [0.5, 0.6) is 0 Å². The summed E-state index contributed by atoms with van der Waals surface area (Å²) >= 11 is 0. The number of rotatable bonds is 8. The SMILES string of the molecule is O=C(Nc1ccccc1C(=O)NNc1ccc([N+](=O)[O-])cc1[N+](=O)[O-])c1ccc([N+](=O)[O-])cc1. The zero-order valence-corrected chi connectivity index (χ0v) is 17.0. The Morgan fingerprint density at radius 3 is 1.91 bits per heavy atom. The Kier molecular flexibility index (Phi) is 6.72. The fraction of sp³-hybridized carbons (Fsp3) is 0. The molecule has 0 spiro atoms. The van der Waals surface area contributed by atoms with E-state index in [1.165, 1.54) is 30.3 Å². The van der Waals surface area contributed by atoms with Gasteiger partial charge >= 0.3 is 5.69 Å². The van der Waals surface area contributed by atoms with Crippen LogP contribution in [0, 0.1) is 30.3 Å². The van der Waals surface area contributed by atoms with E-state index < -0.39 is 38.0 Å². The van der Waals surface area contributed by atoms with Gasteiger partial charge in [0.1, 0.15) is 5.69 Å². The van der Waals surface area contributed by atoms with Gasteiger partial charge in [-0.3, -0.25) is 50.8 Å². The van der Waals surface area contributed by atoms with Crippen LogP contribution in [0.15, 0.2) is 66.7 Å². The van der Waals surface area contributed by atoms with E-state index in [4.69, 9.17) is 0 Å². The molecule has 3 aromatic rings. The fourth-order valence-corrected chi connectivity index (χ4v) is 2.80. The van der Waals surface area contributed by atoms with Crippen LogP contribution >= 0.6 is 0 Å². The van der Waals surface area contributed by atoms with Gasteiger partial charge in [0, 0.05) is 23.8 Å². The number of para-hydroxylation sites is 1. The van der Waals surface area contributed by atoms with Crippen LogP contribution in [0.4, 0.5) is 28.4 Å². The van der Waals surface area contributed by atoms with Crippen molar-refractivity contribution in [1.29, 1.82) is 0 Å². The predicted molar refractivity (Wildman–Crippen MR) is 118 cm³/mol. The van der Waals surface area contributed by atoms with E-state index in [1.807, 2.05) is 0 Å².